The Morgan fingerprint density at radius 1 is 1.05 bits per heavy atom. The van der Waals surface area contributed by atoms with Crippen LogP contribution < -0.4 is 4.90 Å². The van der Waals surface area contributed by atoms with E-state index in [-0.39, 0.29) is 24.1 Å². The van der Waals surface area contributed by atoms with E-state index < -0.39 is 23.4 Å². The first kappa shape index (κ1) is 25.6. The van der Waals surface area contributed by atoms with Gasteiger partial charge in [0, 0.05) is 43.1 Å². The fraction of sp³-hybridized carbons (Fsp3) is 0.370. The van der Waals surface area contributed by atoms with Gasteiger partial charge in [0.2, 0.25) is 23.4 Å². The molecule has 4 aromatic rings. The molecular weight excluding hydrogens is 499 g/mol. The highest BCUT2D eigenvalue weighted by molar-refractivity contribution is 5.97. The summed E-state index contributed by atoms with van der Waals surface area (Å²) >= 11 is 0. The van der Waals surface area contributed by atoms with Crippen molar-refractivity contribution < 1.29 is 26.8 Å². The standard InChI is InChI=1S/C27H26F3N5O3/c1-16(2)24-33-34-26(38-24)19-10-12-35(13-11-19)21-9-8-17(15-31-21)14-20(36)22-23(27(28,29)30)37-25(32-22)18-6-4-3-5-7-18/h3-9,15-16,19H,10-14H2,1-2H3. The summed E-state index contributed by atoms with van der Waals surface area (Å²) in [5.41, 5.74) is 0.105. The zero-order valence-electron chi connectivity index (χ0n) is 20.9. The molecule has 0 unspecified atom stereocenters. The van der Waals surface area contributed by atoms with Crippen LogP contribution in [0.5, 0.6) is 0 Å². The zero-order valence-corrected chi connectivity index (χ0v) is 20.9. The number of benzene rings is 1. The van der Waals surface area contributed by atoms with Crippen molar-refractivity contribution in [2.45, 2.75) is 51.1 Å². The molecule has 1 saturated heterocycles. The molecule has 0 atom stereocenters. The van der Waals surface area contributed by atoms with Crippen LogP contribution in [0.1, 0.15) is 72.1 Å². The number of ketones is 1. The van der Waals surface area contributed by atoms with Gasteiger partial charge in [0.05, 0.1) is 0 Å². The Balaban J connectivity index is 1.24. The molecule has 0 amide bonds. The molecule has 3 aromatic heterocycles. The monoisotopic (exact) mass is 525 g/mol. The number of oxazole rings is 1. The molecule has 0 saturated carbocycles. The summed E-state index contributed by atoms with van der Waals surface area (Å²) in [5, 5.41) is 8.31. The topological polar surface area (TPSA) is 98.2 Å². The number of alkyl halides is 3. The summed E-state index contributed by atoms with van der Waals surface area (Å²) < 4.78 is 51.6. The average molecular weight is 526 g/mol. The largest absolute Gasteiger partial charge is 0.452 e. The summed E-state index contributed by atoms with van der Waals surface area (Å²) in [5.74, 6) is -0.0315. The number of carbonyl (C=O) groups is 1. The van der Waals surface area contributed by atoms with Crippen molar-refractivity contribution in [2.75, 3.05) is 18.0 Å². The molecule has 5 rings (SSSR count). The van der Waals surface area contributed by atoms with Crippen LogP contribution in [-0.2, 0) is 12.6 Å². The van der Waals surface area contributed by atoms with E-state index in [0.717, 1.165) is 31.7 Å². The van der Waals surface area contributed by atoms with Crippen molar-refractivity contribution in [1.29, 1.82) is 0 Å². The Bertz CT molecular complexity index is 1390. The minimum absolute atomic E-state index is 0.182. The number of rotatable bonds is 7. The number of halogens is 3. The zero-order chi connectivity index (χ0) is 26.9. The van der Waals surface area contributed by atoms with Crippen molar-refractivity contribution >= 4 is 11.6 Å². The molecule has 1 aliphatic rings. The third-order valence-electron chi connectivity index (χ3n) is 6.46. The van der Waals surface area contributed by atoms with Crippen LogP contribution in [0.2, 0.25) is 0 Å². The molecule has 198 valence electrons. The fourth-order valence-corrected chi connectivity index (χ4v) is 4.38. The lowest BCUT2D eigenvalue weighted by Gasteiger charge is -2.31. The molecule has 1 aliphatic heterocycles. The Labute approximate surface area is 216 Å². The summed E-state index contributed by atoms with van der Waals surface area (Å²) in [6.07, 6.45) is -1.96. The maximum Gasteiger partial charge on any atom is 0.452 e. The van der Waals surface area contributed by atoms with E-state index in [9.17, 15) is 18.0 Å². The number of aromatic nitrogens is 4. The van der Waals surface area contributed by atoms with E-state index in [0.29, 0.717) is 22.9 Å². The summed E-state index contributed by atoms with van der Waals surface area (Å²) in [4.78, 5) is 23.3. The van der Waals surface area contributed by atoms with E-state index in [1.807, 2.05) is 13.8 Å². The Kier molecular flexibility index (Phi) is 7.00. The molecule has 38 heavy (non-hydrogen) atoms. The third kappa shape index (κ3) is 5.46. The van der Waals surface area contributed by atoms with Crippen LogP contribution in [-0.4, -0.2) is 39.0 Å². The second-order valence-electron chi connectivity index (χ2n) is 9.58. The Morgan fingerprint density at radius 3 is 2.39 bits per heavy atom. The summed E-state index contributed by atoms with van der Waals surface area (Å²) in [7, 11) is 0. The number of Topliss-reactive ketones (excluding diaryl/α,β-unsaturated/α-hetero) is 1. The molecule has 0 radical (unpaired) electrons. The average Bonchev–Trinajstić information content (AvgIpc) is 3.59. The number of anilines is 1. The first-order chi connectivity index (χ1) is 18.2. The number of carbonyl (C=O) groups excluding carboxylic acids is 1. The Morgan fingerprint density at radius 2 is 1.79 bits per heavy atom. The lowest BCUT2D eigenvalue weighted by atomic mass is 9.97. The van der Waals surface area contributed by atoms with Crippen molar-refractivity contribution in [3.05, 3.63) is 77.5 Å². The molecule has 0 spiro atoms. The van der Waals surface area contributed by atoms with E-state index >= 15 is 0 Å². The number of piperidine rings is 1. The fourth-order valence-electron chi connectivity index (χ4n) is 4.38. The highest BCUT2D eigenvalue weighted by Gasteiger charge is 2.41. The predicted molar refractivity (Wildman–Crippen MR) is 132 cm³/mol. The third-order valence-corrected chi connectivity index (χ3v) is 6.46. The highest BCUT2D eigenvalue weighted by atomic mass is 19.4. The molecule has 1 fully saturated rings. The molecule has 1 aromatic carbocycles. The van der Waals surface area contributed by atoms with Gasteiger partial charge in [0.15, 0.2) is 11.5 Å². The van der Waals surface area contributed by atoms with Gasteiger partial charge in [-0.05, 0) is 36.6 Å². The number of hydrogen-bond donors (Lipinski definition) is 0. The number of nitrogens with zero attached hydrogens (tertiary/aromatic N) is 5. The lowest BCUT2D eigenvalue weighted by Crippen LogP contribution is -2.33. The highest BCUT2D eigenvalue weighted by Crippen LogP contribution is 2.36. The van der Waals surface area contributed by atoms with Gasteiger partial charge in [-0.2, -0.15) is 13.2 Å². The molecule has 0 bridgehead atoms. The molecule has 4 heterocycles. The van der Waals surface area contributed by atoms with Gasteiger partial charge < -0.3 is 13.7 Å². The van der Waals surface area contributed by atoms with Gasteiger partial charge in [0.25, 0.3) is 0 Å². The van der Waals surface area contributed by atoms with E-state index in [4.69, 9.17) is 8.83 Å². The lowest BCUT2D eigenvalue weighted by molar-refractivity contribution is -0.153. The minimum atomic E-state index is -4.85. The summed E-state index contributed by atoms with van der Waals surface area (Å²) in [6, 6.07) is 11.6. The van der Waals surface area contributed by atoms with Crippen LogP contribution in [0.4, 0.5) is 19.0 Å². The van der Waals surface area contributed by atoms with Crippen molar-refractivity contribution in [3.8, 4) is 11.5 Å². The quantitative estimate of drug-likeness (QED) is 0.268. The first-order valence-corrected chi connectivity index (χ1v) is 12.4. The van der Waals surface area contributed by atoms with Crippen LogP contribution in [0.25, 0.3) is 11.5 Å². The molecular formula is C27H26F3N5O3. The van der Waals surface area contributed by atoms with E-state index in [1.165, 1.54) is 6.20 Å². The van der Waals surface area contributed by atoms with Crippen LogP contribution in [0.3, 0.4) is 0 Å². The van der Waals surface area contributed by atoms with Gasteiger partial charge in [0.1, 0.15) is 5.82 Å². The van der Waals surface area contributed by atoms with Crippen LogP contribution >= 0.6 is 0 Å². The van der Waals surface area contributed by atoms with E-state index in [2.05, 4.69) is 25.1 Å². The Hall–Kier alpha value is -4.02. The molecule has 8 nitrogen and oxygen atoms in total. The maximum atomic E-state index is 13.6. The first-order valence-electron chi connectivity index (χ1n) is 12.4. The van der Waals surface area contributed by atoms with Gasteiger partial charge in [-0.25, -0.2) is 9.97 Å². The number of hydrogen-bond acceptors (Lipinski definition) is 8. The van der Waals surface area contributed by atoms with Gasteiger partial charge >= 0.3 is 6.18 Å². The maximum absolute atomic E-state index is 13.6. The minimum Gasteiger partial charge on any atom is -0.431 e. The van der Waals surface area contributed by atoms with Crippen LogP contribution in [0.15, 0.2) is 57.5 Å². The normalized spacial score (nSPS) is 14.8. The second kappa shape index (κ2) is 10.4. The smallest absolute Gasteiger partial charge is 0.431 e. The second-order valence-corrected chi connectivity index (χ2v) is 9.58. The molecule has 11 heteroatoms. The van der Waals surface area contributed by atoms with Gasteiger partial charge in [-0.15, -0.1) is 10.2 Å². The molecule has 0 N–H and O–H groups in total. The van der Waals surface area contributed by atoms with Crippen molar-refractivity contribution in [3.63, 3.8) is 0 Å². The van der Waals surface area contributed by atoms with Gasteiger partial charge in [-0.3, -0.25) is 4.79 Å². The van der Waals surface area contributed by atoms with Crippen LogP contribution in [0, 0.1) is 0 Å². The molecule has 0 aliphatic carbocycles. The number of pyridine rings is 1. The predicted octanol–water partition coefficient (Wildman–Crippen LogP) is 6.07. The van der Waals surface area contributed by atoms with Crippen molar-refractivity contribution in [2.24, 2.45) is 0 Å². The van der Waals surface area contributed by atoms with Gasteiger partial charge in [-0.1, -0.05) is 38.1 Å². The summed E-state index contributed by atoms with van der Waals surface area (Å²) in [6.45, 7) is 5.49. The van der Waals surface area contributed by atoms with Crippen molar-refractivity contribution in [1.82, 2.24) is 20.2 Å². The SMILES string of the molecule is CC(C)c1nnc(C2CCN(c3ccc(CC(=O)c4nc(-c5ccccc5)oc4C(F)(F)F)cn3)CC2)o1. The van der Waals surface area contributed by atoms with E-state index in [1.54, 1.807) is 42.5 Å².